The van der Waals surface area contributed by atoms with Crippen LogP contribution in [0.15, 0.2) is 42.5 Å². The summed E-state index contributed by atoms with van der Waals surface area (Å²) in [7, 11) is 0. The fourth-order valence-corrected chi connectivity index (χ4v) is 1.59. The number of nitrogen functional groups attached to an aromatic ring is 1. The zero-order chi connectivity index (χ0) is 13.7. The van der Waals surface area contributed by atoms with Crippen molar-refractivity contribution in [2.24, 2.45) is 0 Å². The summed E-state index contributed by atoms with van der Waals surface area (Å²) in [6, 6.07) is 16.1. The molecule has 0 aromatic heterocycles. The van der Waals surface area contributed by atoms with Gasteiger partial charge in [-0.2, -0.15) is 10.5 Å². The molecule has 0 spiro atoms. The first kappa shape index (κ1) is 12.5. The van der Waals surface area contributed by atoms with E-state index in [0.717, 1.165) is 5.56 Å². The zero-order valence-electron chi connectivity index (χ0n) is 10.1. The number of benzene rings is 2. The summed E-state index contributed by atoms with van der Waals surface area (Å²) in [6.45, 7) is 0.363. The number of ether oxygens (including phenoxy) is 1. The Hall–Kier alpha value is -2.98. The molecular formula is C15H11N3O. The molecule has 0 aliphatic carbocycles. The third-order valence-corrected chi connectivity index (χ3v) is 2.62. The first-order chi connectivity index (χ1) is 9.22. The molecule has 0 aliphatic heterocycles. The van der Waals surface area contributed by atoms with Gasteiger partial charge >= 0.3 is 0 Å². The third-order valence-electron chi connectivity index (χ3n) is 2.62. The summed E-state index contributed by atoms with van der Waals surface area (Å²) in [6.07, 6.45) is 0. The highest BCUT2D eigenvalue weighted by atomic mass is 16.5. The van der Waals surface area contributed by atoms with Gasteiger partial charge in [0, 0.05) is 0 Å². The lowest BCUT2D eigenvalue weighted by Gasteiger charge is -2.09. The van der Waals surface area contributed by atoms with Crippen LogP contribution in [0.2, 0.25) is 0 Å². The Morgan fingerprint density at radius 3 is 2.16 bits per heavy atom. The maximum atomic E-state index is 8.74. The molecule has 0 aliphatic rings. The lowest BCUT2D eigenvalue weighted by molar-refractivity contribution is 0.308. The largest absolute Gasteiger partial charge is 0.487 e. The van der Waals surface area contributed by atoms with Gasteiger partial charge in [0.1, 0.15) is 12.4 Å². The lowest BCUT2D eigenvalue weighted by atomic mass is 10.1. The predicted molar refractivity (Wildman–Crippen MR) is 71.1 cm³/mol. The van der Waals surface area contributed by atoms with Crippen LogP contribution in [0.1, 0.15) is 16.7 Å². The number of nitrogens with zero attached hydrogens (tertiary/aromatic N) is 2. The van der Waals surface area contributed by atoms with Crippen LogP contribution in [0, 0.1) is 22.7 Å². The number of hydrogen-bond donors (Lipinski definition) is 1. The molecule has 92 valence electrons. The first-order valence-corrected chi connectivity index (χ1v) is 5.64. The minimum absolute atomic E-state index is 0.363. The lowest BCUT2D eigenvalue weighted by Crippen LogP contribution is -1.99. The van der Waals surface area contributed by atoms with Gasteiger partial charge in [0.2, 0.25) is 0 Å². The molecule has 19 heavy (non-hydrogen) atoms. The van der Waals surface area contributed by atoms with Gasteiger partial charge in [-0.15, -0.1) is 0 Å². The van der Waals surface area contributed by atoms with E-state index in [1.54, 1.807) is 30.3 Å². The SMILES string of the molecule is N#Cc1ccc(COc2ccc(C#N)cc2N)cc1. The second-order valence-electron chi connectivity index (χ2n) is 3.96. The molecule has 0 fully saturated rings. The smallest absolute Gasteiger partial charge is 0.142 e. The van der Waals surface area contributed by atoms with Gasteiger partial charge in [0.15, 0.2) is 0 Å². The maximum absolute atomic E-state index is 8.74. The van der Waals surface area contributed by atoms with Crippen molar-refractivity contribution in [3.05, 3.63) is 59.2 Å². The molecule has 0 atom stereocenters. The van der Waals surface area contributed by atoms with Crippen LogP contribution in [0.3, 0.4) is 0 Å². The highest BCUT2D eigenvalue weighted by Crippen LogP contribution is 2.23. The molecule has 2 aromatic rings. The number of nitrogens with two attached hydrogens (primary N) is 1. The normalized spacial score (nSPS) is 9.37. The Morgan fingerprint density at radius 1 is 0.947 bits per heavy atom. The van der Waals surface area contributed by atoms with Crippen molar-refractivity contribution in [2.75, 3.05) is 5.73 Å². The first-order valence-electron chi connectivity index (χ1n) is 5.64. The monoisotopic (exact) mass is 249 g/mol. The van der Waals surface area contributed by atoms with Crippen molar-refractivity contribution in [1.29, 1.82) is 10.5 Å². The average molecular weight is 249 g/mol. The molecule has 0 saturated heterocycles. The van der Waals surface area contributed by atoms with E-state index in [2.05, 4.69) is 6.07 Å². The van der Waals surface area contributed by atoms with Crippen molar-refractivity contribution in [1.82, 2.24) is 0 Å². The summed E-state index contributed by atoms with van der Waals surface area (Å²) in [5.41, 5.74) is 8.29. The fourth-order valence-electron chi connectivity index (χ4n) is 1.59. The van der Waals surface area contributed by atoms with Crippen molar-refractivity contribution in [2.45, 2.75) is 6.61 Å². The van der Waals surface area contributed by atoms with Gasteiger partial charge < -0.3 is 10.5 Å². The molecule has 0 amide bonds. The van der Waals surface area contributed by atoms with E-state index in [-0.39, 0.29) is 0 Å². The van der Waals surface area contributed by atoms with Crippen molar-refractivity contribution in [3.63, 3.8) is 0 Å². The van der Waals surface area contributed by atoms with E-state index in [9.17, 15) is 0 Å². The fraction of sp³-hybridized carbons (Fsp3) is 0.0667. The highest BCUT2D eigenvalue weighted by molar-refractivity contribution is 5.56. The van der Waals surface area contributed by atoms with Gasteiger partial charge in [-0.3, -0.25) is 0 Å². The number of nitriles is 2. The van der Waals surface area contributed by atoms with E-state index in [1.165, 1.54) is 0 Å². The van der Waals surface area contributed by atoms with E-state index in [1.807, 2.05) is 18.2 Å². The van der Waals surface area contributed by atoms with Crippen LogP contribution in [0.4, 0.5) is 5.69 Å². The molecule has 0 unspecified atom stereocenters. The van der Waals surface area contributed by atoms with Crippen molar-refractivity contribution in [3.8, 4) is 17.9 Å². The minimum atomic E-state index is 0.363. The summed E-state index contributed by atoms with van der Waals surface area (Å²) in [4.78, 5) is 0. The Labute approximate surface area is 111 Å². The third kappa shape index (κ3) is 3.02. The van der Waals surface area contributed by atoms with Crippen LogP contribution in [-0.4, -0.2) is 0 Å². The zero-order valence-corrected chi connectivity index (χ0v) is 10.1. The molecule has 0 radical (unpaired) electrons. The summed E-state index contributed by atoms with van der Waals surface area (Å²) < 4.78 is 5.58. The molecule has 4 nitrogen and oxygen atoms in total. The van der Waals surface area contributed by atoms with Crippen LogP contribution in [0.25, 0.3) is 0 Å². The quantitative estimate of drug-likeness (QED) is 0.847. The standard InChI is InChI=1S/C15H11N3O/c16-8-11-1-3-12(4-2-11)10-19-15-6-5-13(9-17)7-14(15)18/h1-7H,10,18H2. The number of hydrogen-bond acceptors (Lipinski definition) is 4. The molecule has 4 heteroatoms. The van der Waals surface area contributed by atoms with E-state index in [4.69, 9.17) is 21.0 Å². The van der Waals surface area contributed by atoms with Gasteiger partial charge in [0.05, 0.1) is 29.0 Å². The molecule has 0 heterocycles. The van der Waals surface area contributed by atoms with E-state index >= 15 is 0 Å². The number of anilines is 1. The van der Waals surface area contributed by atoms with Gasteiger partial charge in [-0.1, -0.05) is 12.1 Å². The topological polar surface area (TPSA) is 82.8 Å². The average Bonchev–Trinajstić information content (AvgIpc) is 2.46. The van der Waals surface area contributed by atoms with Gasteiger partial charge in [-0.05, 0) is 35.9 Å². The Balaban J connectivity index is 2.06. The van der Waals surface area contributed by atoms with Crippen molar-refractivity contribution < 1.29 is 4.74 Å². The second-order valence-corrected chi connectivity index (χ2v) is 3.96. The second kappa shape index (κ2) is 5.57. The summed E-state index contributed by atoms with van der Waals surface area (Å²) in [5.74, 6) is 0.545. The predicted octanol–water partition coefficient (Wildman–Crippen LogP) is 2.59. The molecule has 0 bridgehead atoms. The van der Waals surface area contributed by atoms with Crippen LogP contribution in [-0.2, 0) is 6.61 Å². The number of rotatable bonds is 3. The van der Waals surface area contributed by atoms with E-state index in [0.29, 0.717) is 29.2 Å². The van der Waals surface area contributed by atoms with Gasteiger partial charge in [0.25, 0.3) is 0 Å². The van der Waals surface area contributed by atoms with E-state index < -0.39 is 0 Å². The van der Waals surface area contributed by atoms with Crippen molar-refractivity contribution >= 4 is 5.69 Å². The van der Waals surface area contributed by atoms with Crippen LogP contribution >= 0.6 is 0 Å². The molecule has 0 saturated carbocycles. The molecular weight excluding hydrogens is 238 g/mol. The molecule has 2 N–H and O–H groups in total. The van der Waals surface area contributed by atoms with Gasteiger partial charge in [-0.25, -0.2) is 0 Å². The summed E-state index contributed by atoms with van der Waals surface area (Å²) in [5, 5.41) is 17.4. The van der Waals surface area contributed by atoms with Crippen LogP contribution < -0.4 is 10.5 Å². The summed E-state index contributed by atoms with van der Waals surface area (Å²) >= 11 is 0. The highest BCUT2D eigenvalue weighted by Gasteiger charge is 2.02. The maximum Gasteiger partial charge on any atom is 0.142 e. The minimum Gasteiger partial charge on any atom is -0.487 e. The molecule has 2 aromatic carbocycles. The Morgan fingerprint density at radius 2 is 1.58 bits per heavy atom. The Kier molecular flexibility index (Phi) is 3.66. The van der Waals surface area contributed by atoms with Crippen LogP contribution in [0.5, 0.6) is 5.75 Å². The molecule has 2 rings (SSSR count). The Bertz CT molecular complexity index is 663.